The number of hydrogen-bond acceptors (Lipinski definition) is 5. The zero-order valence-electron chi connectivity index (χ0n) is 22.0. The first-order valence-electron chi connectivity index (χ1n) is 12.6. The zero-order valence-corrected chi connectivity index (χ0v) is 23.7. The highest BCUT2D eigenvalue weighted by atomic mass is 35.5. The molecule has 4 rings (SSSR count). The fourth-order valence-corrected chi connectivity index (χ4v) is 5.53. The van der Waals surface area contributed by atoms with E-state index in [1.54, 1.807) is 11.8 Å². The number of piperidine rings is 1. The number of halogens is 2. The van der Waals surface area contributed by atoms with Crippen molar-refractivity contribution in [2.24, 2.45) is 5.73 Å². The Morgan fingerprint density at radius 3 is 2.43 bits per heavy atom. The normalized spacial score (nSPS) is 20.1. The molecule has 0 spiro atoms. The number of carbonyl (C=O) groups is 2. The molecular weight excluding hydrogens is 515 g/mol. The van der Waals surface area contributed by atoms with Crippen LogP contribution in [0.4, 0.5) is 10.5 Å². The second-order valence-electron chi connectivity index (χ2n) is 10.2. The molecule has 0 radical (unpaired) electrons. The number of carbonyl (C=O) groups excluding carboxylic acids is 1. The molecule has 2 unspecified atom stereocenters. The second-order valence-corrected chi connectivity index (χ2v) is 10.2. The minimum Gasteiger partial charge on any atom is -0.465 e. The van der Waals surface area contributed by atoms with E-state index >= 15 is 0 Å². The number of nitrogens with zero attached hydrogens (tertiary/aromatic N) is 5. The van der Waals surface area contributed by atoms with Crippen LogP contribution < -0.4 is 10.6 Å². The summed E-state index contributed by atoms with van der Waals surface area (Å²) in [6.45, 7) is 11.1. The lowest BCUT2D eigenvalue weighted by molar-refractivity contribution is -0.117. The Bertz CT molecular complexity index is 1070. The van der Waals surface area contributed by atoms with Gasteiger partial charge < -0.3 is 20.6 Å². The number of amides is 2. The van der Waals surface area contributed by atoms with Crippen molar-refractivity contribution in [1.29, 1.82) is 0 Å². The molecule has 3 N–H and O–H groups in total. The summed E-state index contributed by atoms with van der Waals surface area (Å²) in [6, 6.07) is 5.70. The standard InChI is InChI=1S/C26H38N6O3.2ClH/c1-17(2)31(26(34)35)25-13-18(3)32(19(4)33)24-6-5-20(14-23(24)25)21-15-28-30(16-21)12-11-29-9-7-22(27)8-10-29;;/h5-6,14-18,22,25H,7-13,27H2,1-4H3,(H,34,35);2*1H. The number of aromatic nitrogens is 2. The molecule has 37 heavy (non-hydrogen) atoms. The summed E-state index contributed by atoms with van der Waals surface area (Å²) in [7, 11) is 0. The quantitative estimate of drug-likeness (QED) is 0.548. The predicted molar refractivity (Wildman–Crippen MR) is 151 cm³/mol. The maximum atomic E-state index is 12.5. The lowest BCUT2D eigenvalue weighted by atomic mass is 9.88. The molecule has 1 aromatic heterocycles. The van der Waals surface area contributed by atoms with Crippen molar-refractivity contribution in [2.45, 2.75) is 77.7 Å². The topological polar surface area (TPSA) is 108 Å². The van der Waals surface area contributed by atoms with Crippen LogP contribution in [0.25, 0.3) is 11.1 Å². The van der Waals surface area contributed by atoms with Crippen molar-refractivity contribution in [3.8, 4) is 11.1 Å². The molecular formula is C26H40Cl2N6O3. The molecule has 9 nitrogen and oxygen atoms in total. The van der Waals surface area contributed by atoms with Gasteiger partial charge >= 0.3 is 6.09 Å². The first-order valence-corrected chi connectivity index (χ1v) is 12.6. The van der Waals surface area contributed by atoms with Crippen molar-refractivity contribution >= 4 is 42.5 Å². The van der Waals surface area contributed by atoms with Gasteiger partial charge in [0.05, 0.1) is 18.8 Å². The van der Waals surface area contributed by atoms with E-state index in [1.807, 2.05) is 56.0 Å². The molecule has 11 heteroatoms. The smallest absolute Gasteiger partial charge is 0.408 e. The number of likely N-dealkylation sites (tertiary alicyclic amines) is 1. The maximum Gasteiger partial charge on any atom is 0.408 e. The first kappa shape index (κ1) is 30.9. The van der Waals surface area contributed by atoms with Gasteiger partial charge in [-0.15, -0.1) is 24.8 Å². The van der Waals surface area contributed by atoms with E-state index in [-0.39, 0.29) is 48.8 Å². The molecule has 1 aromatic carbocycles. The Morgan fingerprint density at radius 2 is 1.84 bits per heavy atom. The maximum absolute atomic E-state index is 12.5. The monoisotopic (exact) mass is 554 g/mol. The van der Waals surface area contributed by atoms with E-state index in [1.165, 1.54) is 4.90 Å². The van der Waals surface area contributed by atoms with Crippen LogP contribution in [0.2, 0.25) is 0 Å². The second kappa shape index (κ2) is 13.0. The fraction of sp³-hybridized carbons (Fsp3) is 0.577. The Kier molecular flexibility index (Phi) is 10.8. The van der Waals surface area contributed by atoms with Gasteiger partial charge in [0, 0.05) is 49.0 Å². The van der Waals surface area contributed by atoms with Gasteiger partial charge in [0.1, 0.15) is 0 Å². The van der Waals surface area contributed by atoms with E-state index in [4.69, 9.17) is 5.73 Å². The van der Waals surface area contributed by atoms with E-state index in [9.17, 15) is 14.7 Å². The minimum absolute atomic E-state index is 0. The molecule has 2 aliphatic rings. The van der Waals surface area contributed by atoms with Crippen molar-refractivity contribution in [3.05, 3.63) is 36.2 Å². The summed E-state index contributed by atoms with van der Waals surface area (Å²) in [6.07, 6.45) is 5.59. The first-order chi connectivity index (χ1) is 16.7. The molecule has 0 aliphatic carbocycles. The molecule has 2 amide bonds. The van der Waals surface area contributed by atoms with Gasteiger partial charge in [-0.25, -0.2) is 4.79 Å². The van der Waals surface area contributed by atoms with Gasteiger partial charge in [0.2, 0.25) is 5.91 Å². The van der Waals surface area contributed by atoms with Gasteiger partial charge in [-0.3, -0.25) is 14.4 Å². The van der Waals surface area contributed by atoms with E-state index < -0.39 is 6.09 Å². The highest BCUT2D eigenvalue weighted by Gasteiger charge is 2.38. The lowest BCUT2D eigenvalue weighted by Gasteiger charge is -2.43. The summed E-state index contributed by atoms with van der Waals surface area (Å²) in [5, 5.41) is 14.5. The number of rotatable bonds is 6. The van der Waals surface area contributed by atoms with Gasteiger partial charge in [-0.05, 0) is 76.4 Å². The molecule has 1 saturated heterocycles. The lowest BCUT2D eigenvalue weighted by Crippen LogP contribution is -2.48. The number of carboxylic acid groups (broad SMARTS) is 1. The Labute approximate surface area is 231 Å². The van der Waals surface area contributed by atoms with Crippen LogP contribution in [0.15, 0.2) is 30.6 Å². The van der Waals surface area contributed by atoms with Crippen LogP contribution in [0.5, 0.6) is 0 Å². The largest absolute Gasteiger partial charge is 0.465 e. The Morgan fingerprint density at radius 1 is 1.16 bits per heavy atom. The van der Waals surface area contributed by atoms with Crippen molar-refractivity contribution in [3.63, 3.8) is 0 Å². The highest BCUT2D eigenvalue weighted by molar-refractivity contribution is 5.94. The Balaban J connectivity index is 0.00000241. The summed E-state index contributed by atoms with van der Waals surface area (Å²) in [4.78, 5) is 30.4. The molecule has 0 bridgehead atoms. The summed E-state index contributed by atoms with van der Waals surface area (Å²) >= 11 is 0. The average Bonchev–Trinajstić information content (AvgIpc) is 3.27. The number of benzene rings is 1. The van der Waals surface area contributed by atoms with Gasteiger partial charge in [-0.2, -0.15) is 5.10 Å². The molecule has 1 fully saturated rings. The number of nitrogens with two attached hydrogens (primary N) is 1. The Hall–Kier alpha value is -2.33. The van der Waals surface area contributed by atoms with E-state index in [0.717, 1.165) is 61.4 Å². The third-order valence-electron chi connectivity index (χ3n) is 7.35. The third-order valence-corrected chi connectivity index (χ3v) is 7.35. The van der Waals surface area contributed by atoms with Crippen molar-refractivity contribution in [2.75, 3.05) is 24.5 Å². The summed E-state index contributed by atoms with van der Waals surface area (Å²) < 4.78 is 1.96. The average molecular weight is 556 g/mol. The molecule has 206 valence electrons. The molecule has 2 atom stereocenters. The summed E-state index contributed by atoms with van der Waals surface area (Å²) in [5.74, 6) is -0.0390. The van der Waals surface area contributed by atoms with Crippen molar-refractivity contribution in [1.82, 2.24) is 19.6 Å². The van der Waals surface area contributed by atoms with Crippen LogP contribution in [-0.2, 0) is 11.3 Å². The van der Waals surface area contributed by atoms with Crippen LogP contribution in [0, 0.1) is 0 Å². The highest BCUT2D eigenvalue weighted by Crippen LogP contribution is 2.43. The number of anilines is 1. The number of hydrogen-bond donors (Lipinski definition) is 2. The molecule has 2 aliphatic heterocycles. The van der Waals surface area contributed by atoms with E-state index in [0.29, 0.717) is 12.5 Å². The van der Waals surface area contributed by atoms with Gasteiger partial charge in [-0.1, -0.05) is 6.07 Å². The van der Waals surface area contributed by atoms with Gasteiger partial charge in [0.25, 0.3) is 0 Å². The summed E-state index contributed by atoms with van der Waals surface area (Å²) in [5.41, 5.74) is 9.61. The third kappa shape index (κ3) is 6.76. The predicted octanol–water partition coefficient (Wildman–Crippen LogP) is 4.39. The van der Waals surface area contributed by atoms with Crippen LogP contribution >= 0.6 is 24.8 Å². The van der Waals surface area contributed by atoms with Crippen LogP contribution in [0.1, 0.15) is 58.6 Å². The van der Waals surface area contributed by atoms with E-state index in [2.05, 4.69) is 10.00 Å². The minimum atomic E-state index is -0.948. The van der Waals surface area contributed by atoms with Crippen LogP contribution in [0.3, 0.4) is 0 Å². The van der Waals surface area contributed by atoms with Crippen molar-refractivity contribution < 1.29 is 14.7 Å². The van der Waals surface area contributed by atoms with Gasteiger partial charge in [0.15, 0.2) is 0 Å². The molecule has 0 saturated carbocycles. The molecule has 2 aromatic rings. The van der Waals surface area contributed by atoms with Crippen LogP contribution in [-0.4, -0.2) is 74.4 Å². The molecule has 3 heterocycles. The SMILES string of the molecule is CC(=O)N1c2ccc(-c3cnn(CCN4CCC(N)CC4)c3)cc2C(N(C(=O)O)C(C)C)CC1C.Cl.Cl. The fourth-order valence-electron chi connectivity index (χ4n) is 5.53. The number of fused-ring (bicyclic) bond motifs is 1. The zero-order chi connectivity index (χ0) is 25.3.